The van der Waals surface area contributed by atoms with Crippen LogP contribution < -0.4 is 31.4 Å². The van der Waals surface area contributed by atoms with Gasteiger partial charge in [0.25, 0.3) is 0 Å². The molecule has 0 amide bonds. The van der Waals surface area contributed by atoms with E-state index in [4.69, 9.17) is 84.6 Å². The minimum atomic E-state index is -1.33. The molecule has 4 heterocycles. The number of fused-ring (bicyclic) bond motifs is 2. The van der Waals surface area contributed by atoms with Crippen LogP contribution in [0.1, 0.15) is 16.7 Å². The van der Waals surface area contributed by atoms with Crippen LogP contribution in [0.15, 0.2) is 35.8 Å². The first kappa shape index (κ1) is 35.3. The van der Waals surface area contributed by atoms with E-state index in [0.29, 0.717) is 0 Å². The van der Waals surface area contributed by atoms with Crippen LogP contribution in [-0.2, 0) is 22.3 Å². The van der Waals surface area contributed by atoms with E-state index in [1.807, 2.05) is 24.6 Å². The van der Waals surface area contributed by atoms with Crippen molar-refractivity contribution in [1.29, 1.82) is 0 Å². The Balaban J connectivity index is 0. The summed E-state index contributed by atoms with van der Waals surface area (Å²) in [5.74, 6) is 3.36. The van der Waals surface area contributed by atoms with Gasteiger partial charge < -0.3 is 36.5 Å². The van der Waals surface area contributed by atoms with Gasteiger partial charge in [-0.2, -0.15) is 0 Å². The number of aliphatic hydroxyl groups excluding tert-OH is 1. The molecule has 0 saturated heterocycles. The van der Waals surface area contributed by atoms with Gasteiger partial charge in [-0.3, -0.25) is 0 Å². The fourth-order valence-electron chi connectivity index (χ4n) is 1.75. The van der Waals surface area contributed by atoms with Gasteiger partial charge in [-0.25, -0.2) is 0 Å². The Bertz CT molecular complexity index is 741. The minimum absolute atomic E-state index is 0. The topological polar surface area (TPSA) is 57.2 Å². The van der Waals surface area contributed by atoms with Crippen molar-refractivity contribution in [2.45, 2.75) is 20.8 Å². The molecule has 0 bridgehead atoms. The monoisotopic (exact) mass is 711 g/mol. The number of aryl methyl sites for hydroxylation is 2. The quantitative estimate of drug-likeness (QED) is 0.354. The third kappa shape index (κ3) is 16.7. The van der Waals surface area contributed by atoms with Crippen LogP contribution in [0, 0.1) is 13.8 Å². The normalized spacial score (nSPS) is 11.9. The van der Waals surface area contributed by atoms with Gasteiger partial charge in [0.2, 0.25) is 0 Å². The van der Waals surface area contributed by atoms with E-state index in [2.05, 4.69) is 0 Å². The van der Waals surface area contributed by atoms with Crippen molar-refractivity contribution in [2.75, 3.05) is 6.61 Å². The Hall–Kier alpha value is 1.11. The number of halogens is 7. The van der Waals surface area contributed by atoms with Crippen molar-refractivity contribution in [3.63, 3.8) is 0 Å². The van der Waals surface area contributed by atoms with Crippen LogP contribution in [0.3, 0.4) is 0 Å². The molecule has 0 radical (unpaired) electrons. The standard InChI is InChI=1S/C8H8O2S.C6H4O2S.C2H6O.7ClH.2Fe/c1-5-7-8(6(2)11-5)10-4-3-9-7;1-2-8-6-4-9-3-5(6)7-1;1-2-3;;;;;;;;;/h3-4H,1-2H3;1-4H;3H,2H2,1H3;7*1H;;/q;;;;;;;;;;2*+3/p-7. The summed E-state index contributed by atoms with van der Waals surface area (Å²) in [5.41, 5.74) is 0. The van der Waals surface area contributed by atoms with Gasteiger partial charge in [0.05, 0.1) is 0 Å². The molecule has 2 aromatic heterocycles. The first-order valence-electron chi connectivity index (χ1n) is 7.71. The summed E-state index contributed by atoms with van der Waals surface area (Å²) in [5, 5.41) is 11.4. The van der Waals surface area contributed by atoms with Crippen LogP contribution in [0.4, 0.5) is 0 Å². The van der Waals surface area contributed by atoms with Crippen LogP contribution in [0.5, 0.6) is 23.0 Å². The third-order valence-corrected chi connectivity index (χ3v) is 4.30. The van der Waals surface area contributed by atoms with Gasteiger partial charge in [0, 0.05) is 27.1 Å². The SMILES string of the molecule is C1=COc2cscc2O1.CCO.Cc1sc(C)c2c1OC=CO2.[Cl-].[Cl][Fe]([Cl])[Cl].[Cl][Fe]([Cl])[Cl]. The van der Waals surface area contributed by atoms with Gasteiger partial charge in [0.1, 0.15) is 25.0 Å². The van der Waals surface area contributed by atoms with Crippen LogP contribution in [-0.4, -0.2) is 11.7 Å². The Morgan fingerprint density at radius 3 is 1.34 bits per heavy atom. The molecule has 2 aromatic rings. The van der Waals surface area contributed by atoms with E-state index in [0.717, 1.165) is 23.0 Å². The van der Waals surface area contributed by atoms with Crippen molar-refractivity contribution in [1.82, 2.24) is 0 Å². The zero-order valence-corrected chi connectivity index (χ0v) is 25.6. The number of ether oxygens (including phenoxy) is 4. The summed E-state index contributed by atoms with van der Waals surface area (Å²) < 4.78 is 20.7. The molecule has 190 valence electrons. The van der Waals surface area contributed by atoms with Crippen molar-refractivity contribution >= 4 is 83.3 Å². The summed E-state index contributed by atoms with van der Waals surface area (Å²) >= 11 is 0.594. The molecule has 2 aliphatic heterocycles. The zero-order chi connectivity index (χ0) is 23.8. The van der Waals surface area contributed by atoms with Crippen molar-refractivity contribution in [2.24, 2.45) is 0 Å². The Labute approximate surface area is 235 Å². The van der Waals surface area contributed by atoms with E-state index < -0.39 is 22.3 Å². The first-order chi connectivity index (χ1) is 14.6. The van der Waals surface area contributed by atoms with E-state index in [1.54, 1.807) is 42.1 Å². The second-order valence-electron chi connectivity index (χ2n) is 4.61. The molecule has 0 aromatic carbocycles. The van der Waals surface area contributed by atoms with Crippen LogP contribution in [0.2, 0.25) is 0 Å². The molecule has 1 N–H and O–H groups in total. The summed E-state index contributed by atoms with van der Waals surface area (Å²) in [7, 11) is 29.3. The molecule has 0 fully saturated rings. The fourth-order valence-corrected chi connectivity index (χ4v) is 3.34. The van der Waals surface area contributed by atoms with Crippen molar-refractivity contribution in [3.8, 4) is 23.0 Å². The van der Waals surface area contributed by atoms with E-state index in [1.165, 1.54) is 22.3 Å². The van der Waals surface area contributed by atoms with Gasteiger partial charge in [-0.05, 0) is 20.8 Å². The summed E-state index contributed by atoms with van der Waals surface area (Å²) in [6.45, 7) is 5.98. The maximum absolute atomic E-state index is 7.57. The molecule has 0 aliphatic carbocycles. The Morgan fingerprint density at radius 2 is 1.03 bits per heavy atom. The summed E-state index contributed by atoms with van der Waals surface area (Å²) in [4.78, 5) is 2.34. The molecule has 32 heavy (non-hydrogen) atoms. The second-order valence-corrected chi connectivity index (χ2v) is 17.7. The molecule has 0 saturated carbocycles. The van der Waals surface area contributed by atoms with E-state index >= 15 is 0 Å². The number of hydrogen-bond donors (Lipinski definition) is 1. The van der Waals surface area contributed by atoms with Gasteiger partial charge in [0.15, 0.2) is 23.0 Å². The Kier molecular flexibility index (Phi) is 23.6. The molecular weight excluding hydrogens is 696 g/mol. The predicted molar refractivity (Wildman–Crippen MR) is 127 cm³/mol. The summed E-state index contributed by atoms with van der Waals surface area (Å²) in [6, 6.07) is 0. The zero-order valence-electron chi connectivity index (χ0n) is 16.4. The maximum atomic E-state index is 7.57. The predicted octanol–water partition coefficient (Wildman–Crippen LogP) is 5.73. The van der Waals surface area contributed by atoms with Gasteiger partial charge in [-0.1, -0.05) is 0 Å². The third-order valence-electron chi connectivity index (χ3n) is 2.62. The van der Waals surface area contributed by atoms with Crippen LogP contribution >= 0.6 is 83.3 Å². The van der Waals surface area contributed by atoms with Gasteiger partial charge >= 0.3 is 82.9 Å². The summed E-state index contributed by atoms with van der Waals surface area (Å²) in [6.07, 6.45) is 6.16. The van der Waals surface area contributed by atoms with Crippen molar-refractivity contribution in [3.05, 3.63) is 45.6 Å². The number of rotatable bonds is 0. The van der Waals surface area contributed by atoms with Crippen molar-refractivity contribution < 1.29 is 58.8 Å². The number of aliphatic hydroxyl groups is 1. The molecule has 0 spiro atoms. The molecule has 2 aliphatic rings. The van der Waals surface area contributed by atoms with Crippen LogP contribution in [0.25, 0.3) is 0 Å². The average molecular weight is 714 g/mol. The average Bonchev–Trinajstić information content (AvgIpc) is 3.27. The molecule has 16 heteroatoms. The molecule has 0 atom stereocenters. The first-order valence-corrected chi connectivity index (χ1v) is 18.6. The van der Waals surface area contributed by atoms with E-state index in [-0.39, 0.29) is 19.0 Å². The molecular formula is C16H18Cl7Fe2O5S2-. The molecule has 4 rings (SSSR count). The molecule has 5 nitrogen and oxygen atoms in total. The van der Waals surface area contributed by atoms with Gasteiger partial charge in [-0.15, -0.1) is 22.7 Å². The Morgan fingerprint density at radius 1 is 0.750 bits per heavy atom. The van der Waals surface area contributed by atoms with E-state index in [9.17, 15) is 0 Å². The fraction of sp³-hybridized carbons (Fsp3) is 0.250. The second kappa shape index (κ2) is 21.4. The number of thiophene rings is 2. The molecule has 0 unspecified atom stereocenters. The number of hydrogen-bond acceptors (Lipinski definition) is 7.